The fourth-order valence-corrected chi connectivity index (χ4v) is 1.75. The van der Waals surface area contributed by atoms with E-state index >= 15 is 0 Å². The lowest BCUT2D eigenvalue weighted by Gasteiger charge is -1.97. The maximum atomic E-state index is 9.42. The maximum absolute atomic E-state index is 9.42. The van der Waals surface area contributed by atoms with E-state index in [-0.39, 0.29) is 17.4 Å². The Balaban J connectivity index is 2.04. The Labute approximate surface area is 107 Å². The van der Waals surface area contributed by atoms with Gasteiger partial charge in [-0.1, -0.05) is 5.16 Å². The molecule has 0 saturated heterocycles. The second-order valence-corrected chi connectivity index (χ2v) is 4.09. The van der Waals surface area contributed by atoms with Crippen LogP contribution < -0.4 is 0 Å². The van der Waals surface area contributed by atoms with Crippen LogP contribution in [0.15, 0.2) is 39.5 Å². The molecule has 0 saturated carbocycles. The topological polar surface area (TPSA) is 92.5 Å². The Bertz CT molecular complexity index is 710. The molecule has 6 nitrogen and oxygen atoms in total. The van der Waals surface area contributed by atoms with Crippen molar-refractivity contribution in [3.63, 3.8) is 0 Å². The number of furan rings is 1. The molecule has 0 aliphatic rings. The van der Waals surface area contributed by atoms with Gasteiger partial charge in [-0.05, 0) is 30.7 Å². The van der Waals surface area contributed by atoms with Crippen molar-refractivity contribution in [2.75, 3.05) is 0 Å². The zero-order valence-corrected chi connectivity index (χ0v) is 9.99. The molecule has 0 spiro atoms. The zero-order valence-electron chi connectivity index (χ0n) is 9.99. The van der Waals surface area contributed by atoms with Crippen LogP contribution in [0.25, 0.3) is 23.0 Å². The molecule has 0 aliphatic carbocycles. The molecule has 0 bridgehead atoms. The van der Waals surface area contributed by atoms with Crippen LogP contribution in [0.5, 0.6) is 11.5 Å². The van der Waals surface area contributed by atoms with Crippen LogP contribution in [0.1, 0.15) is 5.56 Å². The lowest BCUT2D eigenvalue weighted by atomic mass is 10.2. The summed E-state index contributed by atoms with van der Waals surface area (Å²) >= 11 is 0. The molecule has 0 aliphatic heterocycles. The van der Waals surface area contributed by atoms with E-state index in [1.807, 2.05) is 6.92 Å². The van der Waals surface area contributed by atoms with Crippen LogP contribution in [0.3, 0.4) is 0 Å². The lowest BCUT2D eigenvalue weighted by molar-refractivity contribution is 0.426. The first-order chi connectivity index (χ1) is 9.13. The van der Waals surface area contributed by atoms with E-state index in [4.69, 9.17) is 8.94 Å². The third-order valence-corrected chi connectivity index (χ3v) is 2.64. The molecule has 96 valence electrons. The van der Waals surface area contributed by atoms with E-state index in [0.29, 0.717) is 17.1 Å². The summed E-state index contributed by atoms with van der Waals surface area (Å²) in [5.41, 5.74) is 1.33. The van der Waals surface area contributed by atoms with Gasteiger partial charge in [-0.25, -0.2) is 0 Å². The molecule has 2 heterocycles. The number of hydrogen-bond donors (Lipinski definition) is 2. The monoisotopic (exact) mass is 258 g/mol. The van der Waals surface area contributed by atoms with E-state index in [1.54, 1.807) is 12.3 Å². The van der Waals surface area contributed by atoms with Gasteiger partial charge in [0.2, 0.25) is 5.82 Å². The average Bonchev–Trinajstić information content (AvgIpc) is 2.95. The molecule has 2 N–H and O–H groups in total. The van der Waals surface area contributed by atoms with Gasteiger partial charge in [0.15, 0.2) is 5.76 Å². The fourth-order valence-electron chi connectivity index (χ4n) is 1.75. The molecule has 2 aromatic heterocycles. The van der Waals surface area contributed by atoms with Gasteiger partial charge in [-0.3, -0.25) is 0 Å². The van der Waals surface area contributed by atoms with Gasteiger partial charge < -0.3 is 19.2 Å². The Morgan fingerprint density at radius 2 is 1.84 bits per heavy atom. The average molecular weight is 258 g/mol. The van der Waals surface area contributed by atoms with Gasteiger partial charge in [0.05, 0.1) is 6.26 Å². The molecule has 0 amide bonds. The Morgan fingerprint density at radius 3 is 2.47 bits per heavy atom. The minimum absolute atomic E-state index is 0.0797. The number of benzene rings is 1. The third-order valence-electron chi connectivity index (χ3n) is 2.64. The summed E-state index contributed by atoms with van der Waals surface area (Å²) in [6.45, 7) is 1.87. The Hall–Kier alpha value is -2.76. The summed E-state index contributed by atoms with van der Waals surface area (Å²) in [5.74, 6) is 0.879. The fraction of sp³-hybridized carbons (Fsp3) is 0.0769. The first kappa shape index (κ1) is 11.3. The number of aromatic nitrogens is 2. The minimum Gasteiger partial charge on any atom is -0.508 e. The number of phenols is 2. The molecule has 6 heteroatoms. The normalized spacial score (nSPS) is 10.8. The molecule has 0 radical (unpaired) electrons. The number of rotatable bonds is 2. The molecule has 0 unspecified atom stereocenters. The summed E-state index contributed by atoms with van der Waals surface area (Å²) in [6, 6.07) is 5.86. The van der Waals surface area contributed by atoms with Gasteiger partial charge in [0.1, 0.15) is 11.5 Å². The zero-order chi connectivity index (χ0) is 13.4. The summed E-state index contributed by atoms with van der Waals surface area (Å²) in [7, 11) is 0. The highest BCUT2D eigenvalue weighted by molar-refractivity contribution is 5.61. The maximum Gasteiger partial charge on any atom is 0.258 e. The number of aromatic hydroxyl groups is 2. The lowest BCUT2D eigenvalue weighted by Crippen LogP contribution is -1.81. The van der Waals surface area contributed by atoms with Crippen molar-refractivity contribution in [3.8, 4) is 34.5 Å². The Morgan fingerprint density at radius 1 is 1.11 bits per heavy atom. The van der Waals surface area contributed by atoms with Crippen molar-refractivity contribution < 1.29 is 19.2 Å². The highest BCUT2D eigenvalue weighted by Gasteiger charge is 2.15. The van der Waals surface area contributed by atoms with Crippen molar-refractivity contribution in [3.05, 3.63) is 36.1 Å². The summed E-state index contributed by atoms with van der Waals surface area (Å²) in [6.07, 6.45) is 1.54. The van der Waals surface area contributed by atoms with Gasteiger partial charge in [0.25, 0.3) is 5.89 Å². The van der Waals surface area contributed by atoms with Crippen molar-refractivity contribution in [2.45, 2.75) is 6.92 Å². The molecule has 3 rings (SSSR count). The highest BCUT2D eigenvalue weighted by atomic mass is 16.5. The van der Waals surface area contributed by atoms with Crippen molar-refractivity contribution in [1.82, 2.24) is 10.1 Å². The van der Waals surface area contributed by atoms with Crippen LogP contribution in [-0.2, 0) is 0 Å². The number of aryl methyl sites for hydroxylation is 1. The van der Waals surface area contributed by atoms with Crippen molar-refractivity contribution >= 4 is 0 Å². The van der Waals surface area contributed by atoms with Crippen LogP contribution >= 0.6 is 0 Å². The molecular formula is C13H10N2O4. The van der Waals surface area contributed by atoms with Crippen LogP contribution in [0.4, 0.5) is 0 Å². The SMILES string of the molecule is Cc1ccoc1-c1noc(-c2cc(O)cc(O)c2)n1. The first-order valence-corrected chi connectivity index (χ1v) is 5.55. The minimum atomic E-state index is -0.0797. The number of phenolic OH excluding ortho intramolecular Hbond substituents is 2. The number of hydrogen-bond acceptors (Lipinski definition) is 6. The number of nitrogens with zero attached hydrogens (tertiary/aromatic N) is 2. The standard InChI is InChI=1S/C13H10N2O4/c1-7-2-3-18-11(7)12-14-13(19-15-12)8-4-9(16)6-10(17)5-8/h2-6,16-17H,1H3. The van der Waals surface area contributed by atoms with E-state index in [1.165, 1.54) is 18.2 Å². The molecular weight excluding hydrogens is 248 g/mol. The van der Waals surface area contributed by atoms with E-state index < -0.39 is 0 Å². The molecule has 0 atom stereocenters. The van der Waals surface area contributed by atoms with E-state index in [0.717, 1.165) is 5.56 Å². The van der Waals surface area contributed by atoms with Crippen LogP contribution in [-0.4, -0.2) is 20.4 Å². The molecule has 19 heavy (non-hydrogen) atoms. The van der Waals surface area contributed by atoms with Crippen molar-refractivity contribution in [1.29, 1.82) is 0 Å². The smallest absolute Gasteiger partial charge is 0.258 e. The molecule has 0 fully saturated rings. The van der Waals surface area contributed by atoms with E-state index in [2.05, 4.69) is 10.1 Å². The predicted molar refractivity (Wildman–Crippen MR) is 65.5 cm³/mol. The van der Waals surface area contributed by atoms with E-state index in [9.17, 15) is 10.2 Å². The Kier molecular flexibility index (Phi) is 2.49. The van der Waals surface area contributed by atoms with Crippen LogP contribution in [0.2, 0.25) is 0 Å². The largest absolute Gasteiger partial charge is 0.508 e. The summed E-state index contributed by atoms with van der Waals surface area (Å²) in [5, 5.41) is 22.7. The predicted octanol–water partition coefficient (Wildman–Crippen LogP) is 2.72. The second-order valence-electron chi connectivity index (χ2n) is 4.09. The van der Waals surface area contributed by atoms with Gasteiger partial charge in [0, 0.05) is 11.6 Å². The molecule has 3 aromatic rings. The van der Waals surface area contributed by atoms with Gasteiger partial charge in [-0.15, -0.1) is 0 Å². The molecule has 1 aromatic carbocycles. The van der Waals surface area contributed by atoms with Gasteiger partial charge in [-0.2, -0.15) is 4.98 Å². The quantitative estimate of drug-likeness (QED) is 0.734. The van der Waals surface area contributed by atoms with Gasteiger partial charge >= 0.3 is 0 Å². The highest BCUT2D eigenvalue weighted by Crippen LogP contribution is 2.29. The van der Waals surface area contributed by atoms with Crippen molar-refractivity contribution in [2.24, 2.45) is 0 Å². The van der Waals surface area contributed by atoms with Crippen LogP contribution in [0, 0.1) is 6.92 Å². The third kappa shape index (κ3) is 2.03. The summed E-state index contributed by atoms with van der Waals surface area (Å²) in [4.78, 5) is 4.17. The first-order valence-electron chi connectivity index (χ1n) is 5.55. The summed E-state index contributed by atoms with van der Waals surface area (Å²) < 4.78 is 10.4. The second kappa shape index (κ2) is 4.16.